The van der Waals surface area contributed by atoms with Crippen molar-refractivity contribution in [2.45, 2.75) is 6.42 Å². The molecule has 0 aromatic heterocycles. The molecule has 5 heteroatoms. The van der Waals surface area contributed by atoms with Crippen LogP contribution in [0.5, 0.6) is 11.5 Å². The zero-order chi connectivity index (χ0) is 12.0. The quantitative estimate of drug-likeness (QED) is 0.638. The number of methoxy groups -OCH3 is 1. The van der Waals surface area contributed by atoms with E-state index in [0.717, 1.165) is 0 Å². The van der Waals surface area contributed by atoms with Gasteiger partial charge in [-0.3, -0.25) is 4.79 Å². The molecule has 3 N–H and O–H groups in total. The van der Waals surface area contributed by atoms with Crippen molar-refractivity contribution >= 4 is 5.91 Å². The van der Waals surface area contributed by atoms with E-state index in [0.29, 0.717) is 18.5 Å². The van der Waals surface area contributed by atoms with Gasteiger partial charge in [-0.1, -0.05) is 0 Å². The minimum Gasteiger partial charge on any atom is -0.504 e. The molecule has 1 aromatic rings. The summed E-state index contributed by atoms with van der Waals surface area (Å²) in [6.07, 6.45) is 0.515. The number of benzene rings is 1. The lowest BCUT2D eigenvalue weighted by molar-refractivity contribution is 0.0951. The van der Waals surface area contributed by atoms with E-state index in [1.165, 1.54) is 25.3 Å². The Labute approximate surface area is 93.7 Å². The molecule has 0 aliphatic heterocycles. The first-order valence-electron chi connectivity index (χ1n) is 4.95. The molecular weight excluding hydrogens is 210 g/mol. The van der Waals surface area contributed by atoms with E-state index in [-0.39, 0.29) is 24.0 Å². The van der Waals surface area contributed by atoms with Crippen LogP contribution in [0.2, 0.25) is 0 Å². The number of carbonyl (C=O) groups is 1. The maximum atomic E-state index is 11.6. The average Bonchev–Trinajstić information content (AvgIpc) is 2.30. The molecule has 1 rings (SSSR count). The number of aliphatic hydroxyl groups is 1. The molecule has 0 atom stereocenters. The molecule has 0 saturated carbocycles. The molecule has 0 aliphatic carbocycles. The number of aliphatic hydroxyl groups excluding tert-OH is 1. The van der Waals surface area contributed by atoms with Gasteiger partial charge in [-0.15, -0.1) is 0 Å². The van der Waals surface area contributed by atoms with E-state index in [1.807, 2.05) is 0 Å². The van der Waals surface area contributed by atoms with Crippen LogP contribution in [-0.2, 0) is 0 Å². The molecule has 0 fully saturated rings. The second-order valence-corrected chi connectivity index (χ2v) is 3.22. The summed E-state index contributed by atoms with van der Waals surface area (Å²) in [4.78, 5) is 11.6. The lowest BCUT2D eigenvalue weighted by Crippen LogP contribution is -2.24. The summed E-state index contributed by atoms with van der Waals surface area (Å²) in [5.41, 5.74) is 0.410. The van der Waals surface area contributed by atoms with E-state index in [4.69, 9.17) is 9.84 Å². The van der Waals surface area contributed by atoms with Crippen LogP contribution in [0.4, 0.5) is 0 Å². The minimum atomic E-state index is -0.258. The molecule has 0 heterocycles. The van der Waals surface area contributed by atoms with Crippen LogP contribution in [-0.4, -0.2) is 36.4 Å². The van der Waals surface area contributed by atoms with E-state index < -0.39 is 0 Å². The fourth-order valence-corrected chi connectivity index (χ4v) is 1.20. The van der Waals surface area contributed by atoms with Gasteiger partial charge in [-0.25, -0.2) is 0 Å². The van der Waals surface area contributed by atoms with Crippen molar-refractivity contribution in [2.75, 3.05) is 20.3 Å². The predicted octanol–water partition coefficient (Wildman–Crippen LogP) is 0.513. The zero-order valence-electron chi connectivity index (χ0n) is 9.06. The molecule has 1 amide bonds. The standard InChI is InChI=1S/C11H15NO4/c1-16-10-7-8(3-4-9(10)14)11(15)12-5-2-6-13/h3-4,7,13-14H,2,5-6H2,1H3,(H,12,15). The van der Waals surface area contributed by atoms with Gasteiger partial charge >= 0.3 is 0 Å². The summed E-state index contributed by atoms with van der Waals surface area (Å²) >= 11 is 0. The first-order valence-corrected chi connectivity index (χ1v) is 4.95. The molecule has 0 spiro atoms. The molecule has 16 heavy (non-hydrogen) atoms. The van der Waals surface area contributed by atoms with E-state index in [1.54, 1.807) is 0 Å². The van der Waals surface area contributed by atoms with Gasteiger partial charge in [0.1, 0.15) is 0 Å². The van der Waals surface area contributed by atoms with Crippen molar-refractivity contribution in [3.8, 4) is 11.5 Å². The topological polar surface area (TPSA) is 78.8 Å². The van der Waals surface area contributed by atoms with Gasteiger partial charge in [0.25, 0.3) is 5.91 Å². The van der Waals surface area contributed by atoms with Crippen molar-refractivity contribution in [1.29, 1.82) is 0 Å². The SMILES string of the molecule is COc1cc(C(=O)NCCCO)ccc1O. The second-order valence-electron chi connectivity index (χ2n) is 3.22. The molecule has 0 radical (unpaired) electrons. The number of carbonyl (C=O) groups excluding carboxylic acids is 1. The summed E-state index contributed by atoms with van der Waals surface area (Å²) in [5.74, 6) is -0.00373. The van der Waals surface area contributed by atoms with Gasteiger partial charge in [0.15, 0.2) is 11.5 Å². The highest BCUT2D eigenvalue weighted by Crippen LogP contribution is 2.26. The Hall–Kier alpha value is -1.75. The minimum absolute atomic E-state index is 0.00518. The first kappa shape index (κ1) is 12.3. The molecule has 1 aromatic carbocycles. The van der Waals surface area contributed by atoms with Crippen LogP contribution >= 0.6 is 0 Å². The van der Waals surface area contributed by atoms with E-state index in [9.17, 15) is 9.90 Å². The number of aromatic hydroxyl groups is 1. The highest BCUT2D eigenvalue weighted by atomic mass is 16.5. The fraction of sp³-hybridized carbons (Fsp3) is 0.364. The van der Waals surface area contributed by atoms with Crippen LogP contribution in [0.25, 0.3) is 0 Å². The van der Waals surface area contributed by atoms with Gasteiger partial charge in [0.2, 0.25) is 0 Å². The largest absolute Gasteiger partial charge is 0.504 e. The Balaban J connectivity index is 2.68. The Morgan fingerprint density at radius 3 is 2.88 bits per heavy atom. The summed E-state index contributed by atoms with van der Waals surface area (Å²) in [7, 11) is 1.42. The summed E-state index contributed by atoms with van der Waals surface area (Å²) in [5, 5.41) is 20.5. The lowest BCUT2D eigenvalue weighted by Gasteiger charge is -2.07. The number of phenols is 1. The maximum Gasteiger partial charge on any atom is 0.251 e. The van der Waals surface area contributed by atoms with Gasteiger partial charge < -0.3 is 20.3 Å². The molecule has 0 unspecified atom stereocenters. The third-order valence-electron chi connectivity index (χ3n) is 2.06. The fourth-order valence-electron chi connectivity index (χ4n) is 1.20. The predicted molar refractivity (Wildman–Crippen MR) is 58.7 cm³/mol. The summed E-state index contributed by atoms with van der Waals surface area (Å²) < 4.78 is 4.89. The van der Waals surface area contributed by atoms with Crippen molar-refractivity contribution in [1.82, 2.24) is 5.32 Å². The maximum absolute atomic E-state index is 11.6. The van der Waals surface area contributed by atoms with Gasteiger partial charge in [-0.2, -0.15) is 0 Å². The van der Waals surface area contributed by atoms with Crippen molar-refractivity contribution in [3.05, 3.63) is 23.8 Å². The molecule has 88 valence electrons. The van der Waals surface area contributed by atoms with Crippen LogP contribution < -0.4 is 10.1 Å². The lowest BCUT2D eigenvalue weighted by atomic mass is 10.2. The number of rotatable bonds is 5. The number of ether oxygens (including phenoxy) is 1. The molecule has 0 saturated heterocycles. The number of hydrogen-bond donors (Lipinski definition) is 3. The van der Waals surface area contributed by atoms with Crippen molar-refractivity contribution in [2.24, 2.45) is 0 Å². The van der Waals surface area contributed by atoms with E-state index >= 15 is 0 Å². The molecule has 0 aliphatic rings. The monoisotopic (exact) mass is 225 g/mol. The van der Waals surface area contributed by atoms with E-state index in [2.05, 4.69) is 5.32 Å². The van der Waals surface area contributed by atoms with Crippen LogP contribution in [0.1, 0.15) is 16.8 Å². The second kappa shape index (κ2) is 5.97. The average molecular weight is 225 g/mol. The van der Waals surface area contributed by atoms with Gasteiger partial charge in [0, 0.05) is 18.7 Å². The number of phenolic OH excluding ortho intramolecular Hbond substituents is 1. The molecule has 0 bridgehead atoms. The van der Waals surface area contributed by atoms with Crippen molar-refractivity contribution in [3.63, 3.8) is 0 Å². The van der Waals surface area contributed by atoms with Crippen LogP contribution in [0.3, 0.4) is 0 Å². The van der Waals surface area contributed by atoms with Crippen molar-refractivity contribution < 1.29 is 19.7 Å². The van der Waals surface area contributed by atoms with Crippen LogP contribution in [0, 0.1) is 0 Å². The summed E-state index contributed by atoms with van der Waals surface area (Å²) in [6, 6.07) is 4.37. The third kappa shape index (κ3) is 3.13. The first-order chi connectivity index (χ1) is 7.69. The smallest absolute Gasteiger partial charge is 0.251 e. The number of nitrogens with one attached hydrogen (secondary N) is 1. The highest BCUT2D eigenvalue weighted by molar-refractivity contribution is 5.94. The van der Waals surface area contributed by atoms with Gasteiger partial charge in [-0.05, 0) is 24.6 Å². The highest BCUT2D eigenvalue weighted by Gasteiger charge is 2.08. The van der Waals surface area contributed by atoms with Crippen LogP contribution in [0.15, 0.2) is 18.2 Å². The number of amides is 1. The Kier molecular flexibility index (Phi) is 4.60. The molecule has 5 nitrogen and oxygen atoms in total. The molecular formula is C11H15NO4. The Morgan fingerprint density at radius 1 is 1.50 bits per heavy atom. The number of hydrogen-bond acceptors (Lipinski definition) is 4. The summed E-state index contributed by atoms with van der Waals surface area (Å²) in [6.45, 7) is 0.456. The van der Waals surface area contributed by atoms with Gasteiger partial charge in [0.05, 0.1) is 7.11 Å². The normalized spacial score (nSPS) is 9.88. The Morgan fingerprint density at radius 2 is 2.25 bits per heavy atom. The third-order valence-corrected chi connectivity index (χ3v) is 2.06. The Bertz CT molecular complexity index is 365. The zero-order valence-corrected chi connectivity index (χ0v) is 9.06.